The molecule has 0 aromatic heterocycles. The highest BCUT2D eigenvalue weighted by Crippen LogP contribution is 2.08. The first-order chi connectivity index (χ1) is 5.87. The Kier molecular flexibility index (Phi) is 4.72. The number of hydroxylamine groups is 2. The number of ether oxygens (including phenoxy) is 1. The quantitative estimate of drug-likeness (QED) is 0.513. The molecular formula is C8H18N2O3. The van der Waals surface area contributed by atoms with Gasteiger partial charge in [0, 0.05) is 0 Å². The average molecular weight is 190 g/mol. The molecule has 0 radical (unpaired) electrons. The van der Waals surface area contributed by atoms with E-state index >= 15 is 0 Å². The molecule has 0 bridgehead atoms. The van der Waals surface area contributed by atoms with E-state index in [0.29, 0.717) is 18.0 Å². The van der Waals surface area contributed by atoms with Gasteiger partial charge in [-0.15, -0.1) is 0 Å². The Hall–Kier alpha value is -0.810. The van der Waals surface area contributed by atoms with Crippen molar-refractivity contribution in [1.29, 1.82) is 0 Å². The van der Waals surface area contributed by atoms with E-state index in [4.69, 9.17) is 15.7 Å². The van der Waals surface area contributed by atoms with Crippen molar-refractivity contribution in [3.63, 3.8) is 0 Å². The van der Waals surface area contributed by atoms with Crippen molar-refractivity contribution in [1.82, 2.24) is 5.06 Å². The standard InChI is InChI=1S/C8H18N2O3/c1-8(2,3)13-7(11)10(12)6-4-5-9/h12H,4-6,9H2,1-3H3. The zero-order valence-electron chi connectivity index (χ0n) is 8.41. The third-order valence-corrected chi connectivity index (χ3v) is 1.18. The second kappa shape index (κ2) is 5.04. The minimum absolute atomic E-state index is 0.200. The summed E-state index contributed by atoms with van der Waals surface area (Å²) in [7, 11) is 0. The van der Waals surface area contributed by atoms with Gasteiger partial charge in [-0.2, -0.15) is 5.06 Å². The average Bonchev–Trinajstić information content (AvgIpc) is 1.96. The van der Waals surface area contributed by atoms with Gasteiger partial charge in [0.15, 0.2) is 0 Å². The first-order valence-corrected chi connectivity index (χ1v) is 4.26. The minimum Gasteiger partial charge on any atom is -0.442 e. The molecule has 78 valence electrons. The Labute approximate surface area is 78.4 Å². The second-order valence-corrected chi connectivity index (χ2v) is 3.75. The number of nitrogens with zero attached hydrogens (tertiary/aromatic N) is 1. The Morgan fingerprint density at radius 3 is 2.46 bits per heavy atom. The normalized spacial score (nSPS) is 11.2. The van der Waals surface area contributed by atoms with E-state index < -0.39 is 11.7 Å². The molecule has 0 fully saturated rings. The maximum absolute atomic E-state index is 11.1. The molecule has 5 nitrogen and oxygen atoms in total. The smallest absolute Gasteiger partial charge is 0.434 e. The van der Waals surface area contributed by atoms with Crippen molar-refractivity contribution in [2.45, 2.75) is 32.8 Å². The molecule has 0 aliphatic rings. The molecule has 0 heterocycles. The molecule has 0 spiro atoms. The monoisotopic (exact) mass is 190 g/mol. The zero-order valence-corrected chi connectivity index (χ0v) is 8.41. The highest BCUT2D eigenvalue weighted by atomic mass is 16.6. The maximum Gasteiger partial charge on any atom is 0.434 e. The van der Waals surface area contributed by atoms with E-state index in [1.54, 1.807) is 20.8 Å². The molecule has 0 aliphatic heterocycles. The van der Waals surface area contributed by atoms with Crippen molar-refractivity contribution in [2.75, 3.05) is 13.1 Å². The Balaban J connectivity index is 3.83. The SMILES string of the molecule is CC(C)(C)OC(=O)N(O)CCCN. The lowest BCUT2D eigenvalue weighted by molar-refractivity contribution is -0.0938. The van der Waals surface area contributed by atoms with E-state index in [2.05, 4.69) is 0 Å². The summed E-state index contributed by atoms with van der Waals surface area (Å²) >= 11 is 0. The summed E-state index contributed by atoms with van der Waals surface area (Å²) in [6.45, 7) is 5.84. The number of hydrogen-bond donors (Lipinski definition) is 2. The van der Waals surface area contributed by atoms with Crippen LogP contribution in [0.3, 0.4) is 0 Å². The van der Waals surface area contributed by atoms with Crippen molar-refractivity contribution in [3.8, 4) is 0 Å². The van der Waals surface area contributed by atoms with Crippen LogP contribution in [0.5, 0.6) is 0 Å². The summed E-state index contributed by atoms with van der Waals surface area (Å²) in [4.78, 5) is 11.1. The highest BCUT2D eigenvalue weighted by Gasteiger charge is 2.20. The van der Waals surface area contributed by atoms with Crippen molar-refractivity contribution in [2.24, 2.45) is 5.73 Å². The summed E-state index contributed by atoms with van der Waals surface area (Å²) in [6.07, 6.45) is -0.184. The molecular weight excluding hydrogens is 172 g/mol. The van der Waals surface area contributed by atoms with Crippen LogP contribution < -0.4 is 5.73 Å². The Morgan fingerprint density at radius 2 is 2.08 bits per heavy atom. The molecule has 13 heavy (non-hydrogen) atoms. The molecule has 0 saturated heterocycles. The molecule has 0 atom stereocenters. The van der Waals surface area contributed by atoms with Crippen LogP contribution in [0.25, 0.3) is 0 Å². The van der Waals surface area contributed by atoms with Crippen LogP contribution in [0.15, 0.2) is 0 Å². The fourth-order valence-electron chi connectivity index (χ4n) is 0.647. The largest absolute Gasteiger partial charge is 0.442 e. The van der Waals surface area contributed by atoms with E-state index in [1.165, 1.54) is 0 Å². The lowest BCUT2D eigenvalue weighted by Crippen LogP contribution is -2.35. The lowest BCUT2D eigenvalue weighted by atomic mass is 10.2. The number of hydrogen-bond acceptors (Lipinski definition) is 4. The van der Waals surface area contributed by atoms with Gasteiger partial charge in [-0.1, -0.05) is 0 Å². The van der Waals surface area contributed by atoms with Gasteiger partial charge >= 0.3 is 6.09 Å². The number of carbonyl (C=O) groups excluding carboxylic acids is 1. The van der Waals surface area contributed by atoms with Gasteiger partial charge in [0.25, 0.3) is 0 Å². The highest BCUT2D eigenvalue weighted by molar-refractivity contribution is 5.66. The molecule has 0 aliphatic carbocycles. The number of nitrogens with two attached hydrogens (primary N) is 1. The number of carbonyl (C=O) groups is 1. The summed E-state index contributed by atoms with van der Waals surface area (Å²) in [5.74, 6) is 0. The van der Waals surface area contributed by atoms with E-state index in [9.17, 15) is 4.79 Å². The van der Waals surface area contributed by atoms with E-state index in [0.717, 1.165) is 0 Å². The Bertz CT molecular complexity index is 165. The fourth-order valence-corrected chi connectivity index (χ4v) is 0.647. The molecule has 5 heteroatoms. The first-order valence-electron chi connectivity index (χ1n) is 4.26. The van der Waals surface area contributed by atoms with Gasteiger partial charge in [0.1, 0.15) is 5.60 Å². The number of rotatable bonds is 3. The van der Waals surface area contributed by atoms with E-state index in [-0.39, 0.29) is 6.54 Å². The molecule has 0 rings (SSSR count). The maximum atomic E-state index is 11.1. The van der Waals surface area contributed by atoms with Crippen LogP contribution in [0.2, 0.25) is 0 Å². The molecule has 0 saturated carbocycles. The van der Waals surface area contributed by atoms with Gasteiger partial charge < -0.3 is 10.5 Å². The van der Waals surface area contributed by atoms with Crippen LogP contribution >= 0.6 is 0 Å². The molecule has 0 aromatic carbocycles. The van der Waals surface area contributed by atoms with Gasteiger partial charge in [-0.3, -0.25) is 5.21 Å². The summed E-state index contributed by atoms with van der Waals surface area (Å²) in [6, 6.07) is 0. The molecule has 3 N–H and O–H groups in total. The van der Waals surface area contributed by atoms with Crippen LogP contribution in [0, 0.1) is 0 Å². The van der Waals surface area contributed by atoms with Crippen LogP contribution in [0.1, 0.15) is 27.2 Å². The third-order valence-electron chi connectivity index (χ3n) is 1.18. The van der Waals surface area contributed by atoms with Crippen LogP contribution in [-0.2, 0) is 4.74 Å². The van der Waals surface area contributed by atoms with Gasteiger partial charge in [-0.05, 0) is 33.7 Å². The predicted molar refractivity (Wildman–Crippen MR) is 48.4 cm³/mol. The summed E-state index contributed by atoms with van der Waals surface area (Å²) in [5, 5.41) is 9.66. The van der Waals surface area contributed by atoms with Gasteiger partial charge in [-0.25, -0.2) is 4.79 Å². The van der Waals surface area contributed by atoms with E-state index in [1.807, 2.05) is 0 Å². The second-order valence-electron chi connectivity index (χ2n) is 3.75. The number of amides is 1. The third kappa shape index (κ3) is 6.36. The van der Waals surface area contributed by atoms with Crippen molar-refractivity contribution < 1.29 is 14.7 Å². The van der Waals surface area contributed by atoms with Crippen molar-refractivity contribution >= 4 is 6.09 Å². The van der Waals surface area contributed by atoms with Crippen LogP contribution in [0.4, 0.5) is 4.79 Å². The Morgan fingerprint density at radius 1 is 1.54 bits per heavy atom. The van der Waals surface area contributed by atoms with Gasteiger partial charge in [0.2, 0.25) is 0 Å². The lowest BCUT2D eigenvalue weighted by Gasteiger charge is -2.23. The van der Waals surface area contributed by atoms with Crippen molar-refractivity contribution in [3.05, 3.63) is 0 Å². The minimum atomic E-state index is -0.735. The van der Waals surface area contributed by atoms with Gasteiger partial charge in [0.05, 0.1) is 6.54 Å². The fraction of sp³-hybridized carbons (Fsp3) is 0.875. The predicted octanol–water partition coefficient (Wildman–Crippen LogP) is 0.961. The topological polar surface area (TPSA) is 75.8 Å². The zero-order chi connectivity index (χ0) is 10.5. The summed E-state index contributed by atoms with van der Waals surface area (Å²) in [5.41, 5.74) is 4.63. The molecule has 1 amide bonds. The summed E-state index contributed by atoms with van der Waals surface area (Å²) < 4.78 is 4.89. The molecule has 0 aromatic rings. The molecule has 0 unspecified atom stereocenters. The van der Waals surface area contributed by atoms with Crippen LogP contribution in [-0.4, -0.2) is 35.1 Å². The first kappa shape index (κ1) is 12.2.